The van der Waals surface area contributed by atoms with Crippen molar-refractivity contribution in [2.24, 2.45) is 0 Å². The van der Waals surface area contributed by atoms with Crippen molar-refractivity contribution < 1.29 is 19.1 Å². The molecule has 1 N–H and O–H groups in total. The highest BCUT2D eigenvalue weighted by molar-refractivity contribution is 5.94. The van der Waals surface area contributed by atoms with E-state index in [1.807, 2.05) is 53.4 Å². The standard InChI is InChI=1S/C29H31N3O4/c1-20(33)31-26-24-11-3-4-12-25(24)29(27(26)36-19-22-9-5-6-15-30-22)13-16-32(17-14-29)28(34)21-8-7-10-23(18-21)35-2/h3-12,15,18,26-27H,13-14,16-17,19H2,1-2H3,(H,31,33)/t26-,27+/m0/s1. The number of methoxy groups -OCH3 is 1. The highest BCUT2D eigenvalue weighted by Crippen LogP contribution is 2.52. The molecule has 1 fully saturated rings. The number of aromatic nitrogens is 1. The zero-order valence-electron chi connectivity index (χ0n) is 20.6. The topological polar surface area (TPSA) is 80.8 Å². The number of amides is 2. The van der Waals surface area contributed by atoms with Crippen LogP contribution in [0, 0.1) is 0 Å². The maximum absolute atomic E-state index is 13.3. The molecule has 1 saturated heterocycles. The summed E-state index contributed by atoms with van der Waals surface area (Å²) in [6.45, 7) is 3.09. The minimum Gasteiger partial charge on any atom is -0.497 e. The summed E-state index contributed by atoms with van der Waals surface area (Å²) in [6, 6.07) is 21.1. The summed E-state index contributed by atoms with van der Waals surface area (Å²) in [5, 5.41) is 3.15. The van der Waals surface area contributed by atoms with Crippen molar-refractivity contribution in [1.82, 2.24) is 15.2 Å². The number of hydrogen-bond donors (Lipinski definition) is 1. The summed E-state index contributed by atoms with van der Waals surface area (Å²) >= 11 is 0. The maximum Gasteiger partial charge on any atom is 0.253 e. The van der Waals surface area contributed by atoms with E-state index in [1.165, 1.54) is 5.56 Å². The molecule has 5 rings (SSSR count). The van der Waals surface area contributed by atoms with Gasteiger partial charge in [-0.05, 0) is 54.3 Å². The Bertz CT molecular complexity index is 1240. The van der Waals surface area contributed by atoms with E-state index in [-0.39, 0.29) is 29.4 Å². The van der Waals surface area contributed by atoms with Crippen molar-refractivity contribution >= 4 is 11.8 Å². The Hall–Kier alpha value is -3.71. The second-order valence-corrected chi connectivity index (χ2v) is 9.50. The molecule has 7 heteroatoms. The van der Waals surface area contributed by atoms with Gasteiger partial charge in [0, 0.05) is 37.2 Å². The molecule has 1 aliphatic carbocycles. The number of fused-ring (bicyclic) bond motifs is 2. The van der Waals surface area contributed by atoms with Crippen molar-refractivity contribution in [3.8, 4) is 5.75 Å². The third-order valence-electron chi connectivity index (χ3n) is 7.43. The lowest BCUT2D eigenvalue weighted by atomic mass is 9.71. The van der Waals surface area contributed by atoms with Gasteiger partial charge in [0.1, 0.15) is 5.75 Å². The fourth-order valence-corrected chi connectivity index (χ4v) is 5.75. The minimum absolute atomic E-state index is 0.000558. The highest BCUT2D eigenvalue weighted by atomic mass is 16.5. The maximum atomic E-state index is 13.3. The molecule has 186 valence electrons. The van der Waals surface area contributed by atoms with Crippen LogP contribution < -0.4 is 10.1 Å². The van der Waals surface area contributed by atoms with E-state index in [0.29, 0.717) is 31.0 Å². The number of ether oxygens (including phenoxy) is 2. The van der Waals surface area contributed by atoms with E-state index in [2.05, 4.69) is 22.4 Å². The number of nitrogens with one attached hydrogen (secondary N) is 1. The van der Waals surface area contributed by atoms with Gasteiger partial charge < -0.3 is 19.7 Å². The van der Waals surface area contributed by atoms with Crippen molar-refractivity contribution in [1.29, 1.82) is 0 Å². The van der Waals surface area contributed by atoms with Crippen LogP contribution in [0.3, 0.4) is 0 Å². The molecule has 0 unspecified atom stereocenters. The molecule has 2 heterocycles. The van der Waals surface area contributed by atoms with Gasteiger partial charge in [0.25, 0.3) is 5.91 Å². The SMILES string of the molecule is COc1cccc(C(=O)N2CCC3(CC2)c2ccccc2[C@H](NC(C)=O)[C@H]3OCc2ccccn2)c1. The molecule has 36 heavy (non-hydrogen) atoms. The fourth-order valence-electron chi connectivity index (χ4n) is 5.75. The first-order chi connectivity index (χ1) is 17.5. The molecule has 7 nitrogen and oxygen atoms in total. The van der Waals surface area contributed by atoms with Crippen LogP contribution in [0.25, 0.3) is 0 Å². The molecule has 3 aromatic rings. The van der Waals surface area contributed by atoms with Crippen LogP contribution in [0.4, 0.5) is 0 Å². The summed E-state index contributed by atoms with van der Waals surface area (Å²) in [5.74, 6) is 0.573. The Morgan fingerprint density at radius 3 is 2.56 bits per heavy atom. The predicted molar refractivity (Wildman–Crippen MR) is 136 cm³/mol. The molecule has 1 aliphatic heterocycles. The third-order valence-corrected chi connectivity index (χ3v) is 7.43. The number of rotatable bonds is 6. The molecular weight excluding hydrogens is 454 g/mol. The van der Waals surface area contributed by atoms with Gasteiger partial charge in [0.05, 0.1) is 31.6 Å². The monoisotopic (exact) mass is 485 g/mol. The molecule has 2 aliphatic rings. The van der Waals surface area contributed by atoms with Gasteiger partial charge in [-0.25, -0.2) is 0 Å². The number of nitrogens with zero attached hydrogens (tertiary/aromatic N) is 2. The zero-order valence-corrected chi connectivity index (χ0v) is 20.6. The number of carbonyl (C=O) groups is 2. The normalized spacial score (nSPS) is 20.1. The number of pyridine rings is 1. The lowest BCUT2D eigenvalue weighted by molar-refractivity contribution is -0.122. The summed E-state index contributed by atoms with van der Waals surface area (Å²) in [4.78, 5) is 31.8. The molecular formula is C29H31N3O4. The molecule has 1 aromatic heterocycles. The molecule has 2 aromatic carbocycles. The van der Waals surface area contributed by atoms with Gasteiger partial charge in [0.15, 0.2) is 0 Å². The summed E-state index contributed by atoms with van der Waals surface area (Å²) in [5.41, 5.74) is 3.44. The number of hydrogen-bond acceptors (Lipinski definition) is 5. The Labute approximate surface area is 211 Å². The molecule has 0 radical (unpaired) electrons. The van der Waals surface area contributed by atoms with E-state index >= 15 is 0 Å². The summed E-state index contributed by atoms with van der Waals surface area (Å²) in [7, 11) is 1.60. The molecule has 0 saturated carbocycles. The molecule has 2 amide bonds. The summed E-state index contributed by atoms with van der Waals surface area (Å²) in [6.07, 6.45) is 2.96. The minimum atomic E-state index is -0.316. The summed E-state index contributed by atoms with van der Waals surface area (Å²) < 4.78 is 11.9. The van der Waals surface area contributed by atoms with Crippen molar-refractivity contribution in [3.05, 3.63) is 95.3 Å². The lowest BCUT2D eigenvalue weighted by Crippen LogP contribution is -2.51. The lowest BCUT2D eigenvalue weighted by Gasteiger charge is -2.44. The zero-order chi connectivity index (χ0) is 25.1. The van der Waals surface area contributed by atoms with Crippen LogP contribution in [-0.4, -0.2) is 48.0 Å². The predicted octanol–water partition coefficient (Wildman–Crippen LogP) is 4.04. The molecule has 1 spiro atoms. The van der Waals surface area contributed by atoms with Gasteiger partial charge >= 0.3 is 0 Å². The van der Waals surface area contributed by atoms with Crippen LogP contribution >= 0.6 is 0 Å². The Balaban J connectivity index is 1.43. The van der Waals surface area contributed by atoms with E-state index in [4.69, 9.17) is 9.47 Å². The van der Waals surface area contributed by atoms with E-state index in [1.54, 1.807) is 26.3 Å². The van der Waals surface area contributed by atoms with E-state index in [0.717, 1.165) is 24.1 Å². The van der Waals surface area contributed by atoms with Gasteiger partial charge in [-0.15, -0.1) is 0 Å². The van der Waals surface area contributed by atoms with Crippen molar-refractivity contribution in [3.63, 3.8) is 0 Å². The number of likely N-dealkylation sites (tertiary alicyclic amines) is 1. The third kappa shape index (κ3) is 4.46. The average Bonchev–Trinajstić information content (AvgIpc) is 3.16. The average molecular weight is 486 g/mol. The van der Waals surface area contributed by atoms with E-state index < -0.39 is 0 Å². The Morgan fingerprint density at radius 1 is 1.06 bits per heavy atom. The van der Waals surface area contributed by atoms with Crippen LogP contribution in [-0.2, 0) is 21.6 Å². The second kappa shape index (κ2) is 10.1. The number of piperidine rings is 1. The van der Waals surface area contributed by atoms with Gasteiger partial charge in [-0.2, -0.15) is 0 Å². The Morgan fingerprint density at radius 2 is 1.83 bits per heavy atom. The first-order valence-corrected chi connectivity index (χ1v) is 12.3. The Kier molecular flexibility index (Phi) is 6.74. The largest absolute Gasteiger partial charge is 0.497 e. The van der Waals surface area contributed by atoms with Crippen molar-refractivity contribution in [2.45, 2.75) is 43.9 Å². The smallest absolute Gasteiger partial charge is 0.253 e. The van der Waals surface area contributed by atoms with Gasteiger partial charge in [-0.1, -0.05) is 36.4 Å². The highest BCUT2D eigenvalue weighted by Gasteiger charge is 2.54. The number of carbonyl (C=O) groups excluding carboxylic acids is 2. The van der Waals surface area contributed by atoms with Crippen LogP contribution in [0.2, 0.25) is 0 Å². The number of benzene rings is 2. The molecule has 0 bridgehead atoms. The second-order valence-electron chi connectivity index (χ2n) is 9.50. The molecule has 2 atom stereocenters. The van der Waals surface area contributed by atoms with Crippen LogP contribution in [0.5, 0.6) is 5.75 Å². The van der Waals surface area contributed by atoms with Crippen LogP contribution in [0.15, 0.2) is 72.9 Å². The van der Waals surface area contributed by atoms with Crippen molar-refractivity contribution in [2.75, 3.05) is 20.2 Å². The van der Waals surface area contributed by atoms with E-state index in [9.17, 15) is 9.59 Å². The van der Waals surface area contributed by atoms with Gasteiger partial charge in [0.2, 0.25) is 5.91 Å². The quantitative estimate of drug-likeness (QED) is 0.570. The van der Waals surface area contributed by atoms with Gasteiger partial charge in [-0.3, -0.25) is 14.6 Å². The first kappa shape index (κ1) is 24.0. The first-order valence-electron chi connectivity index (χ1n) is 12.3. The fraction of sp³-hybridized carbons (Fsp3) is 0.345. The van der Waals surface area contributed by atoms with Crippen LogP contribution in [0.1, 0.15) is 53.0 Å².